The molecule has 3 aromatic heterocycles. The molecule has 0 fully saturated rings. The van der Waals surface area contributed by atoms with E-state index in [4.69, 9.17) is 11.6 Å². The van der Waals surface area contributed by atoms with E-state index in [1.54, 1.807) is 18.3 Å². The van der Waals surface area contributed by atoms with E-state index in [2.05, 4.69) is 25.6 Å². The van der Waals surface area contributed by atoms with Gasteiger partial charge in [-0.25, -0.2) is 9.97 Å². The SMILES string of the molecule is Cc1ccc2c(NC(=O)Cc3csc(Nc4ccc(Cl)cn4)n3)cccc2n1. The minimum atomic E-state index is -0.130. The lowest BCUT2D eigenvalue weighted by molar-refractivity contribution is -0.115. The standard InChI is InChI=1S/C20H16ClN5OS/c1-12-5-7-15-16(23-12)3-2-4-17(15)25-19(27)9-14-11-28-20(24-14)26-18-8-6-13(21)10-22-18/h2-8,10-11H,9H2,1H3,(H,25,27)(H,22,24,26). The molecular weight excluding hydrogens is 394 g/mol. The molecule has 4 rings (SSSR count). The van der Waals surface area contributed by atoms with Crippen molar-refractivity contribution >= 4 is 56.4 Å². The third kappa shape index (κ3) is 4.27. The van der Waals surface area contributed by atoms with Crippen molar-refractivity contribution in [2.45, 2.75) is 13.3 Å². The maximum atomic E-state index is 12.5. The number of hydrogen-bond acceptors (Lipinski definition) is 6. The van der Waals surface area contributed by atoms with Gasteiger partial charge in [0.25, 0.3) is 0 Å². The number of benzene rings is 1. The Labute approximate surface area is 170 Å². The molecule has 4 aromatic rings. The van der Waals surface area contributed by atoms with E-state index < -0.39 is 0 Å². The van der Waals surface area contributed by atoms with Crippen molar-refractivity contribution in [1.29, 1.82) is 0 Å². The molecule has 0 unspecified atom stereocenters. The van der Waals surface area contributed by atoms with Crippen LogP contribution < -0.4 is 10.6 Å². The van der Waals surface area contributed by atoms with Crippen LogP contribution in [-0.2, 0) is 11.2 Å². The molecule has 0 aliphatic rings. The van der Waals surface area contributed by atoms with Gasteiger partial charge in [-0.3, -0.25) is 9.78 Å². The zero-order chi connectivity index (χ0) is 19.5. The molecular formula is C20H16ClN5OS. The van der Waals surface area contributed by atoms with Crippen molar-refractivity contribution in [2.75, 3.05) is 10.6 Å². The van der Waals surface area contributed by atoms with Gasteiger partial charge >= 0.3 is 0 Å². The Bertz CT molecular complexity index is 1140. The topological polar surface area (TPSA) is 79.8 Å². The van der Waals surface area contributed by atoms with Gasteiger partial charge in [-0.15, -0.1) is 11.3 Å². The summed E-state index contributed by atoms with van der Waals surface area (Å²) in [7, 11) is 0. The predicted octanol–water partition coefficient (Wildman–Crippen LogP) is 4.97. The molecule has 0 aliphatic heterocycles. The van der Waals surface area contributed by atoms with Gasteiger partial charge in [0.15, 0.2) is 5.13 Å². The first-order chi connectivity index (χ1) is 13.6. The average molecular weight is 410 g/mol. The van der Waals surface area contributed by atoms with Gasteiger partial charge in [-0.1, -0.05) is 17.7 Å². The molecule has 0 bridgehead atoms. The molecule has 3 heterocycles. The molecule has 28 heavy (non-hydrogen) atoms. The molecule has 140 valence electrons. The number of aromatic nitrogens is 3. The van der Waals surface area contributed by atoms with Gasteiger partial charge in [-0.2, -0.15) is 0 Å². The summed E-state index contributed by atoms with van der Waals surface area (Å²) in [5.41, 5.74) is 3.23. The van der Waals surface area contributed by atoms with Gasteiger partial charge in [0.1, 0.15) is 5.82 Å². The number of aryl methyl sites for hydroxylation is 1. The number of rotatable bonds is 5. The van der Waals surface area contributed by atoms with Crippen LogP contribution in [0.25, 0.3) is 10.9 Å². The first-order valence-corrected chi connectivity index (χ1v) is 9.82. The van der Waals surface area contributed by atoms with Gasteiger partial charge in [0, 0.05) is 22.7 Å². The van der Waals surface area contributed by atoms with Crippen molar-refractivity contribution in [3.8, 4) is 0 Å². The molecule has 0 spiro atoms. The number of pyridine rings is 2. The highest BCUT2D eigenvalue weighted by atomic mass is 35.5. The zero-order valence-electron chi connectivity index (χ0n) is 14.9. The lowest BCUT2D eigenvalue weighted by Gasteiger charge is -2.08. The Morgan fingerprint density at radius 2 is 2.04 bits per heavy atom. The lowest BCUT2D eigenvalue weighted by atomic mass is 10.1. The molecule has 0 aliphatic carbocycles. The molecule has 0 saturated carbocycles. The fourth-order valence-electron chi connectivity index (χ4n) is 2.73. The second kappa shape index (κ2) is 7.92. The Kier molecular flexibility index (Phi) is 5.18. The van der Waals surface area contributed by atoms with Crippen LogP contribution in [0.4, 0.5) is 16.6 Å². The van der Waals surface area contributed by atoms with Crippen molar-refractivity contribution < 1.29 is 4.79 Å². The van der Waals surface area contributed by atoms with Crippen LogP contribution in [0.1, 0.15) is 11.4 Å². The monoisotopic (exact) mass is 409 g/mol. The highest BCUT2D eigenvalue weighted by Crippen LogP contribution is 2.24. The number of nitrogens with zero attached hydrogens (tertiary/aromatic N) is 3. The highest BCUT2D eigenvalue weighted by Gasteiger charge is 2.11. The lowest BCUT2D eigenvalue weighted by Crippen LogP contribution is -2.15. The first-order valence-electron chi connectivity index (χ1n) is 8.56. The second-order valence-electron chi connectivity index (χ2n) is 6.18. The number of hydrogen-bond donors (Lipinski definition) is 2. The molecule has 0 atom stereocenters. The number of halogens is 1. The summed E-state index contributed by atoms with van der Waals surface area (Å²) in [4.78, 5) is 25.6. The van der Waals surface area contributed by atoms with Crippen LogP contribution in [0.2, 0.25) is 5.02 Å². The fraction of sp³-hybridized carbons (Fsp3) is 0.100. The van der Waals surface area contributed by atoms with E-state index >= 15 is 0 Å². The van der Waals surface area contributed by atoms with Crippen LogP contribution in [0.3, 0.4) is 0 Å². The maximum Gasteiger partial charge on any atom is 0.230 e. The number of thiazole rings is 1. The van der Waals surface area contributed by atoms with Crippen LogP contribution >= 0.6 is 22.9 Å². The minimum Gasteiger partial charge on any atom is -0.325 e. The summed E-state index contributed by atoms with van der Waals surface area (Å²) in [6.45, 7) is 1.94. The van der Waals surface area contributed by atoms with Gasteiger partial charge < -0.3 is 10.6 Å². The molecule has 0 saturated heterocycles. The Morgan fingerprint density at radius 3 is 2.86 bits per heavy atom. The third-order valence-corrected chi connectivity index (χ3v) is 5.03. The van der Waals surface area contributed by atoms with Gasteiger partial charge in [-0.05, 0) is 43.3 Å². The maximum absolute atomic E-state index is 12.5. The number of carbonyl (C=O) groups excluding carboxylic acids is 1. The van der Waals surface area contributed by atoms with Crippen LogP contribution in [-0.4, -0.2) is 20.9 Å². The largest absolute Gasteiger partial charge is 0.325 e. The van der Waals surface area contributed by atoms with Crippen molar-refractivity contribution in [3.63, 3.8) is 0 Å². The Morgan fingerprint density at radius 1 is 1.14 bits per heavy atom. The number of fused-ring (bicyclic) bond motifs is 1. The second-order valence-corrected chi connectivity index (χ2v) is 7.48. The third-order valence-electron chi connectivity index (χ3n) is 4.00. The van der Waals surface area contributed by atoms with Gasteiger partial charge in [0.2, 0.25) is 5.91 Å². The highest BCUT2D eigenvalue weighted by molar-refractivity contribution is 7.13. The average Bonchev–Trinajstić information content (AvgIpc) is 3.10. The van der Waals surface area contributed by atoms with Gasteiger partial charge in [0.05, 0.1) is 28.3 Å². The minimum absolute atomic E-state index is 0.130. The van der Waals surface area contributed by atoms with Crippen molar-refractivity contribution in [3.05, 3.63) is 70.5 Å². The van der Waals surface area contributed by atoms with E-state index in [1.165, 1.54) is 11.3 Å². The Hall–Kier alpha value is -3.03. The van der Waals surface area contributed by atoms with E-state index in [1.807, 2.05) is 42.6 Å². The van der Waals surface area contributed by atoms with Crippen LogP contribution in [0, 0.1) is 6.92 Å². The molecule has 8 heteroatoms. The number of carbonyl (C=O) groups is 1. The number of amides is 1. The van der Waals surface area contributed by atoms with Crippen LogP contribution in [0.15, 0.2) is 54.0 Å². The predicted molar refractivity (Wildman–Crippen MR) is 113 cm³/mol. The smallest absolute Gasteiger partial charge is 0.230 e. The molecule has 0 radical (unpaired) electrons. The fourth-order valence-corrected chi connectivity index (χ4v) is 3.56. The van der Waals surface area contributed by atoms with E-state index in [0.717, 1.165) is 22.3 Å². The Balaban J connectivity index is 1.43. The van der Waals surface area contributed by atoms with Crippen LogP contribution in [0.5, 0.6) is 0 Å². The molecule has 1 aromatic carbocycles. The zero-order valence-corrected chi connectivity index (χ0v) is 16.5. The normalized spacial score (nSPS) is 10.8. The van der Waals surface area contributed by atoms with Crippen molar-refractivity contribution in [2.24, 2.45) is 0 Å². The van der Waals surface area contributed by atoms with E-state index in [-0.39, 0.29) is 12.3 Å². The summed E-state index contributed by atoms with van der Waals surface area (Å²) < 4.78 is 0. The summed E-state index contributed by atoms with van der Waals surface area (Å²) in [5, 5.41) is 10.1. The molecule has 1 amide bonds. The number of anilines is 3. The number of nitrogens with one attached hydrogen (secondary N) is 2. The molecule has 6 nitrogen and oxygen atoms in total. The van der Waals surface area contributed by atoms with E-state index in [0.29, 0.717) is 21.7 Å². The summed E-state index contributed by atoms with van der Waals surface area (Å²) in [5.74, 6) is 0.517. The summed E-state index contributed by atoms with van der Waals surface area (Å²) in [6.07, 6.45) is 1.74. The molecule has 2 N–H and O–H groups in total. The van der Waals surface area contributed by atoms with Crippen molar-refractivity contribution in [1.82, 2.24) is 15.0 Å². The van der Waals surface area contributed by atoms with E-state index in [9.17, 15) is 4.79 Å². The summed E-state index contributed by atoms with van der Waals surface area (Å²) in [6, 6.07) is 13.1. The first kappa shape index (κ1) is 18.3. The summed E-state index contributed by atoms with van der Waals surface area (Å²) >= 11 is 7.25. The quantitative estimate of drug-likeness (QED) is 0.486.